The Balaban J connectivity index is 1.41. The van der Waals surface area contributed by atoms with Crippen molar-refractivity contribution in [2.45, 2.75) is 18.1 Å². The van der Waals surface area contributed by atoms with Gasteiger partial charge in [0.2, 0.25) is 0 Å². The number of methoxy groups -OCH3 is 2. The first-order valence-electron chi connectivity index (χ1n) is 17.6. The molecule has 1 saturated heterocycles. The number of morpholine rings is 1. The number of fused-ring (bicyclic) bond motifs is 8. The van der Waals surface area contributed by atoms with E-state index in [1.165, 1.54) is 0 Å². The van der Waals surface area contributed by atoms with Crippen molar-refractivity contribution in [3.63, 3.8) is 0 Å². The molecule has 2 atom stereocenters. The lowest BCUT2D eigenvalue weighted by atomic mass is 9.80. The van der Waals surface area contributed by atoms with E-state index in [2.05, 4.69) is 84.6 Å². The van der Waals surface area contributed by atoms with Gasteiger partial charge in [-0.15, -0.1) is 0 Å². The summed E-state index contributed by atoms with van der Waals surface area (Å²) in [7, 11) is 3.41. The molecule has 8 heteroatoms. The maximum atomic E-state index is 9.30. The summed E-state index contributed by atoms with van der Waals surface area (Å²) in [4.78, 5) is 2.34. The van der Waals surface area contributed by atoms with Crippen LogP contribution in [-0.4, -0.2) is 72.1 Å². The largest absolute Gasteiger partial charge is 0.497 e. The molecule has 0 radical (unpaired) electrons. The van der Waals surface area contributed by atoms with Crippen LogP contribution in [0.1, 0.15) is 34.7 Å². The van der Waals surface area contributed by atoms with Gasteiger partial charge in [0, 0.05) is 40.7 Å². The summed E-state index contributed by atoms with van der Waals surface area (Å²) >= 11 is 0. The molecule has 2 heterocycles. The van der Waals surface area contributed by atoms with Crippen LogP contribution < -0.4 is 19.1 Å². The van der Waals surface area contributed by atoms with E-state index in [9.17, 15) is 5.11 Å². The second-order valence-electron chi connectivity index (χ2n) is 13.2. The average molecular weight is 686 g/mol. The van der Waals surface area contributed by atoms with Gasteiger partial charge in [-0.3, -0.25) is 0 Å². The molecule has 0 bridgehead atoms. The third-order valence-corrected chi connectivity index (χ3v) is 10.5. The lowest BCUT2D eigenvalue weighted by Gasteiger charge is -2.39. The van der Waals surface area contributed by atoms with Gasteiger partial charge >= 0.3 is 0 Å². The molecule has 8 nitrogen and oxygen atoms in total. The number of anilines is 1. The normalized spacial score (nSPS) is 20.4. The predicted octanol–water partition coefficient (Wildman–Crippen LogP) is 7.31. The van der Waals surface area contributed by atoms with Gasteiger partial charge in [0.25, 0.3) is 0 Å². The van der Waals surface area contributed by atoms with Gasteiger partial charge in [0.1, 0.15) is 22.8 Å². The van der Waals surface area contributed by atoms with Crippen molar-refractivity contribution < 1.29 is 33.5 Å². The number of benzene rings is 5. The summed E-state index contributed by atoms with van der Waals surface area (Å²) in [5.41, 5.74) is 6.62. The Morgan fingerprint density at radius 2 is 1.55 bits per heavy atom. The highest BCUT2D eigenvalue weighted by Crippen LogP contribution is 2.59. The van der Waals surface area contributed by atoms with Crippen molar-refractivity contribution in [1.82, 2.24) is 0 Å². The number of nitrogens with zero attached hydrogens (tertiary/aromatic N) is 1. The highest BCUT2D eigenvalue weighted by molar-refractivity contribution is 6.10. The van der Waals surface area contributed by atoms with E-state index in [1.54, 1.807) is 14.2 Å². The zero-order chi connectivity index (χ0) is 35.0. The van der Waals surface area contributed by atoms with Gasteiger partial charge in [-0.1, -0.05) is 72.8 Å². The van der Waals surface area contributed by atoms with Crippen molar-refractivity contribution in [3.8, 4) is 28.4 Å². The quantitative estimate of drug-likeness (QED) is 0.145. The molecule has 1 aliphatic carbocycles. The minimum absolute atomic E-state index is 0.0309. The van der Waals surface area contributed by atoms with E-state index >= 15 is 0 Å². The van der Waals surface area contributed by atoms with Gasteiger partial charge in [0.15, 0.2) is 5.60 Å². The second-order valence-corrected chi connectivity index (χ2v) is 13.2. The lowest BCUT2D eigenvalue weighted by Crippen LogP contribution is -2.36. The number of hydrogen-bond donors (Lipinski definition) is 1. The standard InChI is InChI=1S/C43H43NO7/c1-42(50-26-25-49-24-21-45)36-12-8-7-11-32(36)39-34-27-37(44-19-22-48-23-20-44)38(47-3)28-35(34)41-33(40(39)42)17-18-43(51-41,29-9-5-4-6-10-29)30-13-15-31(46-2)16-14-30/h4-18,27-28,45H,19-26H2,1-3H3. The summed E-state index contributed by atoms with van der Waals surface area (Å²) in [6.07, 6.45) is 4.39. The summed E-state index contributed by atoms with van der Waals surface area (Å²) in [5, 5.41) is 11.3. The Labute approximate surface area is 298 Å². The van der Waals surface area contributed by atoms with Crippen molar-refractivity contribution in [3.05, 3.63) is 125 Å². The smallest absolute Gasteiger partial charge is 0.178 e. The van der Waals surface area contributed by atoms with Gasteiger partial charge in [-0.05, 0) is 59.3 Å². The first-order chi connectivity index (χ1) is 25.0. The molecule has 2 aliphatic heterocycles. The van der Waals surface area contributed by atoms with Crippen LogP contribution in [-0.2, 0) is 25.4 Å². The molecule has 262 valence electrons. The third kappa shape index (κ3) is 5.54. The average Bonchev–Trinajstić information content (AvgIpc) is 3.46. The van der Waals surface area contributed by atoms with Crippen LogP contribution in [0, 0.1) is 0 Å². The van der Waals surface area contributed by atoms with Gasteiger partial charge in [-0.25, -0.2) is 0 Å². The van der Waals surface area contributed by atoms with Crippen molar-refractivity contribution in [2.75, 3.05) is 71.9 Å². The van der Waals surface area contributed by atoms with E-state index in [4.69, 9.17) is 28.4 Å². The van der Waals surface area contributed by atoms with E-state index in [0.717, 1.165) is 85.7 Å². The maximum absolute atomic E-state index is 9.30. The monoisotopic (exact) mass is 685 g/mol. The number of aliphatic hydroxyl groups is 1. The Morgan fingerprint density at radius 1 is 0.804 bits per heavy atom. The lowest BCUT2D eigenvalue weighted by molar-refractivity contribution is -0.0377. The molecule has 8 rings (SSSR count). The van der Waals surface area contributed by atoms with Crippen LogP contribution in [0.2, 0.25) is 0 Å². The molecule has 0 aromatic heterocycles. The Hall–Kier alpha value is -4.86. The molecule has 1 fully saturated rings. The fourth-order valence-electron chi connectivity index (χ4n) is 8.02. The van der Waals surface area contributed by atoms with Crippen molar-refractivity contribution in [2.24, 2.45) is 0 Å². The van der Waals surface area contributed by atoms with Crippen LogP contribution in [0.25, 0.3) is 28.0 Å². The number of aliphatic hydroxyl groups excluding tert-OH is 1. The van der Waals surface area contributed by atoms with Gasteiger partial charge in [0.05, 0.1) is 59.5 Å². The highest BCUT2D eigenvalue weighted by atomic mass is 16.5. The van der Waals surface area contributed by atoms with Crippen LogP contribution in [0.15, 0.2) is 97.1 Å². The molecule has 51 heavy (non-hydrogen) atoms. The van der Waals surface area contributed by atoms with Crippen molar-refractivity contribution in [1.29, 1.82) is 0 Å². The summed E-state index contributed by atoms with van der Waals surface area (Å²) in [6.45, 7) is 5.96. The van der Waals surface area contributed by atoms with Crippen LogP contribution in [0.3, 0.4) is 0 Å². The Morgan fingerprint density at radius 3 is 2.29 bits per heavy atom. The molecule has 2 unspecified atom stereocenters. The van der Waals surface area contributed by atoms with E-state index in [0.29, 0.717) is 26.4 Å². The van der Waals surface area contributed by atoms with Crippen LogP contribution >= 0.6 is 0 Å². The minimum Gasteiger partial charge on any atom is -0.497 e. The minimum atomic E-state index is -0.932. The first-order valence-corrected chi connectivity index (χ1v) is 17.6. The fraction of sp³-hybridized carbons (Fsp3) is 0.302. The number of hydrogen-bond acceptors (Lipinski definition) is 8. The first kappa shape index (κ1) is 33.3. The molecular weight excluding hydrogens is 642 g/mol. The molecule has 5 aromatic carbocycles. The van der Waals surface area contributed by atoms with Crippen molar-refractivity contribution >= 4 is 22.5 Å². The third-order valence-electron chi connectivity index (χ3n) is 10.5. The van der Waals surface area contributed by atoms with Gasteiger partial charge < -0.3 is 38.4 Å². The highest BCUT2D eigenvalue weighted by Gasteiger charge is 2.47. The molecule has 0 saturated carbocycles. The zero-order valence-corrected chi connectivity index (χ0v) is 29.3. The number of ether oxygens (including phenoxy) is 6. The molecule has 0 amide bonds. The van der Waals surface area contributed by atoms with Crippen LogP contribution in [0.4, 0.5) is 5.69 Å². The van der Waals surface area contributed by atoms with Gasteiger partial charge in [-0.2, -0.15) is 0 Å². The summed E-state index contributed by atoms with van der Waals surface area (Å²) in [6, 6.07) is 31.4. The maximum Gasteiger partial charge on any atom is 0.178 e. The summed E-state index contributed by atoms with van der Waals surface area (Å²) in [5.74, 6) is 2.32. The Bertz CT molecular complexity index is 2070. The topological polar surface area (TPSA) is 78.9 Å². The second kappa shape index (κ2) is 13.7. The SMILES string of the molecule is COc1ccc(C2(c3ccccc3)C=Cc3c4c(c5cc(N6CCOCC6)c(OC)cc5c3O2)-c2ccccc2C4(C)OCCOCCO)cc1. The fourth-order valence-corrected chi connectivity index (χ4v) is 8.02. The van der Waals surface area contributed by atoms with E-state index in [1.807, 2.05) is 30.3 Å². The molecule has 5 aromatic rings. The van der Waals surface area contributed by atoms with E-state index in [-0.39, 0.29) is 13.2 Å². The summed E-state index contributed by atoms with van der Waals surface area (Å²) < 4.78 is 37.4. The predicted molar refractivity (Wildman–Crippen MR) is 199 cm³/mol. The number of rotatable bonds is 11. The van der Waals surface area contributed by atoms with Crippen LogP contribution in [0.5, 0.6) is 17.2 Å². The van der Waals surface area contributed by atoms with E-state index < -0.39 is 11.2 Å². The zero-order valence-electron chi connectivity index (χ0n) is 29.3. The Kier molecular flexibility index (Phi) is 8.94. The molecular formula is C43H43NO7. The molecule has 0 spiro atoms. The molecule has 3 aliphatic rings. The molecule has 1 N–H and O–H groups in total.